The van der Waals surface area contributed by atoms with Gasteiger partial charge in [-0.3, -0.25) is 4.79 Å². The van der Waals surface area contributed by atoms with Crippen LogP contribution in [-0.4, -0.2) is 39.8 Å². The second-order valence-electron chi connectivity index (χ2n) is 5.75. The minimum absolute atomic E-state index is 0.0788. The number of amides is 1. The van der Waals surface area contributed by atoms with Crippen LogP contribution >= 0.6 is 0 Å². The lowest BCUT2D eigenvalue weighted by Gasteiger charge is -2.18. The molecule has 2 rings (SSSR count). The molecular formula is C18H22N2O4S. The summed E-state index contributed by atoms with van der Waals surface area (Å²) in [6.07, 6.45) is 0. The Morgan fingerprint density at radius 1 is 1.12 bits per heavy atom. The summed E-state index contributed by atoms with van der Waals surface area (Å²) in [6, 6.07) is 13.1. The second-order valence-corrected chi connectivity index (χ2v) is 7.90. The van der Waals surface area contributed by atoms with Gasteiger partial charge in [0.1, 0.15) is 5.75 Å². The number of nitrogens with one attached hydrogen (secondary N) is 1. The molecule has 0 spiro atoms. The Labute approximate surface area is 148 Å². The van der Waals surface area contributed by atoms with Crippen LogP contribution < -0.4 is 10.1 Å². The van der Waals surface area contributed by atoms with Gasteiger partial charge in [0, 0.05) is 25.2 Å². The van der Waals surface area contributed by atoms with Crippen molar-refractivity contribution in [1.82, 2.24) is 9.62 Å². The van der Waals surface area contributed by atoms with Gasteiger partial charge in [-0.05, 0) is 31.2 Å². The fourth-order valence-electron chi connectivity index (χ4n) is 2.39. The number of carbonyl (C=O) groups is 1. The smallest absolute Gasteiger partial charge is 0.251 e. The molecule has 0 aliphatic carbocycles. The van der Waals surface area contributed by atoms with Gasteiger partial charge >= 0.3 is 0 Å². The topological polar surface area (TPSA) is 75.7 Å². The molecule has 1 amide bonds. The molecule has 0 aliphatic heterocycles. The van der Waals surface area contributed by atoms with Crippen molar-refractivity contribution in [3.8, 4) is 5.75 Å². The van der Waals surface area contributed by atoms with Gasteiger partial charge in [-0.2, -0.15) is 0 Å². The zero-order valence-corrected chi connectivity index (χ0v) is 15.5. The Balaban J connectivity index is 2.24. The van der Waals surface area contributed by atoms with Crippen molar-refractivity contribution >= 4 is 15.9 Å². The van der Waals surface area contributed by atoms with Crippen LogP contribution in [0.1, 0.15) is 28.9 Å². The highest BCUT2D eigenvalue weighted by molar-refractivity contribution is 7.89. The summed E-state index contributed by atoms with van der Waals surface area (Å²) in [5, 5.41) is 2.87. The van der Waals surface area contributed by atoms with Gasteiger partial charge in [-0.1, -0.05) is 24.3 Å². The van der Waals surface area contributed by atoms with Crippen molar-refractivity contribution < 1.29 is 17.9 Å². The lowest BCUT2D eigenvalue weighted by atomic mass is 10.1. The quantitative estimate of drug-likeness (QED) is 0.856. The maximum Gasteiger partial charge on any atom is 0.251 e. The summed E-state index contributed by atoms with van der Waals surface area (Å²) in [4.78, 5) is 12.6. The van der Waals surface area contributed by atoms with Gasteiger partial charge in [0.2, 0.25) is 10.0 Å². The third-order valence-corrected chi connectivity index (χ3v) is 5.64. The predicted octanol–water partition coefficient (Wildman–Crippen LogP) is 2.44. The molecule has 2 aromatic rings. The van der Waals surface area contributed by atoms with Gasteiger partial charge in [-0.15, -0.1) is 0 Å². The van der Waals surface area contributed by atoms with Gasteiger partial charge in [0.15, 0.2) is 0 Å². The average molecular weight is 362 g/mol. The van der Waals surface area contributed by atoms with E-state index in [2.05, 4.69) is 5.32 Å². The summed E-state index contributed by atoms with van der Waals surface area (Å²) in [5.41, 5.74) is 1.13. The first-order valence-electron chi connectivity index (χ1n) is 7.73. The first-order valence-corrected chi connectivity index (χ1v) is 9.17. The lowest BCUT2D eigenvalue weighted by molar-refractivity contribution is 0.0939. The molecule has 0 fully saturated rings. The fraction of sp³-hybridized carbons (Fsp3) is 0.278. The van der Waals surface area contributed by atoms with Crippen LogP contribution in [0.15, 0.2) is 53.4 Å². The van der Waals surface area contributed by atoms with Gasteiger partial charge in [0.25, 0.3) is 5.91 Å². The fourth-order valence-corrected chi connectivity index (χ4v) is 3.34. The molecule has 1 unspecified atom stereocenters. The molecule has 0 radical (unpaired) electrons. The number of hydrogen-bond donors (Lipinski definition) is 1. The van der Waals surface area contributed by atoms with Crippen molar-refractivity contribution in [3.63, 3.8) is 0 Å². The Bertz CT molecular complexity index is 863. The Kier molecular flexibility index (Phi) is 5.81. The number of hydrogen-bond acceptors (Lipinski definition) is 4. The number of sulfonamides is 1. The molecule has 134 valence electrons. The van der Waals surface area contributed by atoms with E-state index in [1.807, 2.05) is 31.2 Å². The van der Waals surface area contributed by atoms with E-state index in [0.29, 0.717) is 5.75 Å². The number of rotatable bonds is 6. The van der Waals surface area contributed by atoms with Crippen molar-refractivity contribution in [2.24, 2.45) is 0 Å². The van der Waals surface area contributed by atoms with Crippen LogP contribution in [-0.2, 0) is 10.0 Å². The summed E-state index contributed by atoms with van der Waals surface area (Å²) in [7, 11) is 0.882. The van der Waals surface area contributed by atoms with E-state index in [0.717, 1.165) is 9.87 Å². The molecule has 1 N–H and O–H groups in total. The van der Waals surface area contributed by atoms with E-state index in [4.69, 9.17) is 4.74 Å². The highest BCUT2D eigenvalue weighted by atomic mass is 32.2. The molecule has 1 atom stereocenters. The first-order chi connectivity index (χ1) is 11.8. The highest BCUT2D eigenvalue weighted by Crippen LogP contribution is 2.24. The maximum atomic E-state index is 12.5. The van der Waals surface area contributed by atoms with Gasteiger partial charge in [0.05, 0.1) is 18.0 Å². The average Bonchev–Trinajstić information content (AvgIpc) is 2.61. The van der Waals surface area contributed by atoms with E-state index >= 15 is 0 Å². The number of methoxy groups -OCH3 is 1. The largest absolute Gasteiger partial charge is 0.496 e. The third kappa shape index (κ3) is 4.18. The van der Waals surface area contributed by atoms with E-state index in [1.54, 1.807) is 19.2 Å². The zero-order chi connectivity index (χ0) is 18.6. The maximum absolute atomic E-state index is 12.5. The lowest BCUT2D eigenvalue weighted by Crippen LogP contribution is -2.27. The van der Waals surface area contributed by atoms with E-state index in [9.17, 15) is 13.2 Å². The normalized spacial score (nSPS) is 12.7. The van der Waals surface area contributed by atoms with E-state index < -0.39 is 10.0 Å². The molecule has 25 heavy (non-hydrogen) atoms. The molecular weight excluding hydrogens is 340 g/mol. The molecule has 0 saturated carbocycles. The number of nitrogens with zero attached hydrogens (tertiary/aromatic N) is 1. The number of para-hydroxylation sites is 1. The molecule has 0 heterocycles. The van der Waals surface area contributed by atoms with Crippen molar-refractivity contribution in [2.75, 3.05) is 21.2 Å². The first kappa shape index (κ1) is 19.0. The molecule has 6 nitrogen and oxygen atoms in total. The molecule has 7 heteroatoms. The van der Waals surface area contributed by atoms with E-state index in [-0.39, 0.29) is 22.4 Å². The van der Waals surface area contributed by atoms with Crippen LogP contribution in [0.3, 0.4) is 0 Å². The Morgan fingerprint density at radius 2 is 1.80 bits per heavy atom. The molecule has 0 bridgehead atoms. The number of benzene rings is 2. The van der Waals surface area contributed by atoms with Crippen LogP contribution in [0.25, 0.3) is 0 Å². The second kappa shape index (κ2) is 7.67. The molecule has 2 aromatic carbocycles. The van der Waals surface area contributed by atoms with Crippen LogP contribution in [0, 0.1) is 0 Å². The van der Waals surface area contributed by atoms with Crippen molar-refractivity contribution in [2.45, 2.75) is 17.9 Å². The predicted molar refractivity (Wildman–Crippen MR) is 96.2 cm³/mol. The summed E-state index contributed by atoms with van der Waals surface area (Å²) >= 11 is 0. The van der Waals surface area contributed by atoms with Crippen LogP contribution in [0.4, 0.5) is 0 Å². The highest BCUT2D eigenvalue weighted by Gasteiger charge is 2.20. The standard InChI is InChI=1S/C18H22N2O4S/c1-13(16-10-5-6-11-17(16)24-4)19-18(21)14-8-7-9-15(12-14)25(22,23)20(2)3/h5-13H,1-4H3,(H,19,21). The zero-order valence-electron chi connectivity index (χ0n) is 14.7. The number of ether oxygens (including phenoxy) is 1. The SMILES string of the molecule is COc1ccccc1C(C)NC(=O)c1cccc(S(=O)(=O)N(C)C)c1. The van der Waals surface area contributed by atoms with Gasteiger partial charge < -0.3 is 10.1 Å². The third-order valence-electron chi connectivity index (χ3n) is 3.83. The summed E-state index contributed by atoms with van der Waals surface area (Å²) in [5.74, 6) is 0.327. The Morgan fingerprint density at radius 3 is 2.44 bits per heavy atom. The molecule has 0 saturated heterocycles. The van der Waals surface area contributed by atoms with Crippen LogP contribution in [0.5, 0.6) is 5.75 Å². The van der Waals surface area contributed by atoms with E-state index in [1.165, 1.54) is 26.2 Å². The van der Waals surface area contributed by atoms with Crippen molar-refractivity contribution in [1.29, 1.82) is 0 Å². The Hall–Kier alpha value is -2.38. The minimum atomic E-state index is -3.59. The number of carbonyl (C=O) groups excluding carboxylic acids is 1. The van der Waals surface area contributed by atoms with Crippen LogP contribution in [0.2, 0.25) is 0 Å². The molecule has 0 aromatic heterocycles. The summed E-state index contributed by atoms with van der Waals surface area (Å²) < 4.78 is 30.8. The molecule has 0 aliphatic rings. The monoisotopic (exact) mass is 362 g/mol. The minimum Gasteiger partial charge on any atom is -0.496 e. The summed E-state index contributed by atoms with van der Waals surface area (Å²) in [6.45, 7) is 1.84. The van der Waals surface area contributed by atoms with Crippen molar-refractivity contribution in [3.05, 3.63) is 59.7 Å². The van der Waals surface area contributed by atoms with Gasteiger partial charge in [-0.25, -0.2) is 12.7 Å².